The number of hydrogen-bond donors (Lipinski definition) is 0. The van der Waals surface area contributed by atoms with Crippen molar-refractivity contribution in [3.8, 4) is 0 Å². The summed E-state index contributed by atoms with van der Waals surface area (Å²) in [6, 6.07) is 0. The number of rotatable bonds is 2. The van der Waals surface area contributed by atoms with Crippen LogP contribution in [-0.2, 0) is 14.2 Å². The van der Waals surface area contributed by atoms with Crippen LogP contribution in [0.25, 0.3) is 0 Å². The van der Waals surface area contributed by atoms with E-state index >= 15 is 0 Å². The third-order valence-electron chi connectivity index (χ3n) is 1.83. The fourth-order valence-corrected chi connectivity index (χ4v) is 1.21. The van der Waals surface area contributed by atoms with Crippen LogP contribution in [0.15, 0.2) is 0 Å². The molecule has 2 atom stereocenters. The third kappa shape index (κ3) is 3.18. The van der Waals surface area contributed by atoms with Crippen molar-refractivity contribution in [3.63, 3.8) is 0 Å². The van der Waals surface area contributed by atoms with Gasteiger partial charge in [-0.05, 0) is 6.92 Å². The Bertz CT molecular complexity index is 193. The maximum absolute atomic E-state index is 13.2. The van der Waals surface area contributed by atoms with Crippen LogP contribution in [-0.4, -0.2) is 38.3 Å². The van der Waals surface area contributed by atoms with Gasteiger partial charge in [-0.3, -0.25) is 0 Å². The van der Waals surface area contributed by atoms with Crippen LogP contribution in [0, 0.1) is 0 Å². The summed E-state index contributed by atoms with van der Waals surface area (Å²) in [6.07, 6.45) is -0.866. The van der Waals surface area contributed by atoms with E-state index in [0.29, 0.717) is 0 Å². The van der Waals surface area contributed by atoms with Crippen molar-refractivity contribution in [3.05, 3.63) is 0 Å². The van der Waals surface area contributed by atoms with Crippen LogP contribution >= 0.6 is 0 Å². The predicted octanol–water partition coefficient (Wildman–Crippen LogP) is 1.29. The Labute approximate surface area is 76.0 Å². The maximum atomic E-state index is 13.2. The fourth-order valence-electron chi connectivity index (χ4n) is 1.21. The van der Waals surface area contributed by atoms with E-state index in [1.807, 2.05) is 0 Å². The Morgan fingerprint density at radius 2 is 2.46 bits per heavy atom. The van der Waals surface area contributed by atoms with Crippen LogP contribution in [0.3, 0.4) is 0 Å². The topological polar surface area (TPSA) is 44.8 Å². The van der Waals surface area contributed by atoms with E-state index in [-0.39, 0.29) is 25.7 Å². The molecule has 0 aromatic carbocycles. The van der Waals surface area contributed by atoms with Crippen molar-refractivity contribution in [2.45, 2.75) is 25.1 Å². The summed E-state index contributed by atoms with van der Waals surface area (Å²) < 4.78 is 27.1. The lowest BCUT2D eigenvalue weighted by atomic mass is 10.1. The highest BCUT2D eigenvalue weighted by Gasteiger charge is 2.36. The molecule has 5 heteroatoms. The van der Waals surface area contributed by atoms with E-state index in [4.69, 9.17) is 4.74 Å². The van der Waals surface area contributed by atoms with Gasteiger partial charge in [-0.25, -0.2) is 9.18 Å². The standard InChI is InChI=1S/C8H13FO4/c1-8(9)3-6(13-5-8)4-12-7(10)11-2/h6H,3-5H2,1-2H3/t6-,8+/m0/s1. The van der Waals surface area contributed by atoms with E-state index < -0.39 is 11.8 Å². The number of hydrogen-bond acceptors (Lipinski definition) is 4. The lowest BCUT2D eigenvalue weighted by Gasteiger charge is -2.10. The molecule has 0 N–H and O–H groups in total. The van der Waals surface area contributed by atoms with Gasteiger partial charge in [-0.15, -0.1) is 0 Å². The SMILES string of the molecule is COC(=O)OC[C@@H]1C[C@@](C)(F)CO1. The predicted molar refractivity (Wildman–Crippen MR) is 42.2 cm³/mol. The molecular weight excluding hydrogens is 179 g/mol. The molecule has 0 aliphatic carbocycles. The molecule has 0 aromatic heterocycles. The van der Waals surface area contributed by atoms with Gasteiger partial charge in [-0.2, -0.15) is 0 Å². The molecule has 0 saturated carbocycles. The lowest BCUT2D eigenvalue weighted by molar-refractivity contribution is 0.0139. The van der Waals surface area contributed by atoms with E-state index in [9.17, 15) is 9.18 Å². The van der Waals surface area contributed by atoms with Crippen molar-refractivity contribution < 1.29 is 23.4 Å². The maximum Gasteiger partial charge on any atom is 0.508 e. The van der Waals surface area contributed by atoms with Crippen molar-refractivity contribution in [2.24, 2.45) is 0 Å². The Hall–Kier alpha value is -0.840. The molecule has 13 heavy (non-hydrogen) atoms. The number of methoxy groups -OCH3 is 1. The van der Waals surface area contributed by atoms with Gasteiger partial charge in [-0.1, -0.05) is 0 Å². The monoisotopic (exact) mass is 192 g/mol. The molecule has 76 valence electrons. The Kier molecular flexibility index (Phi) is 3.08. The molecule has 0 aromatic rings. The summed E-state index contributed by atoms with van der Waals surface area (Å²) in [4.78, 5) is 10.5. The molecule has 1 rings (SSSR count). The first kappa shape index (κ1) is 10.2. The molecule has 0 radical (unpaired) electrons. The summed E-state index contributed by atoms with van der Waals surface area (Å²) in [7, 11) is 1.22. The molecule has 4 nitrogen and oxygen atoms in total. The minimum Gasteiger partial charge on any atom is -0.438 e. The largest absolute Gasteiger partial charge is 0.508 e. The molecule has 0 bridgehead atoms. The number of carbonyl (C=O) groups is 1. The van der Waals surface area contributed by atoms with Gasteiger partial charge in [0.05, 0.1) is 19.8 Å². The Balaban J connectivity index is 2.21. The first-order chi connectivity index (χ1) is 6.03. The van der Waals surface area contributed by atoms with Gasteiger partial charge in [0, 0.05) is 6.42 Å². The zero-order chi connectivity index (χ0) is 9.90. The summed E-state index contributed by atoms with van der Waals surface area (Å²) in [5.74, 6) is 0. The van der Waals surface area contributed by atoms with Crippen molar-refractivity contribution in [1.29, 1.82) is 0 Å². The second-order valence-corrected chi connectivity index (χ2v) is 3.32. The molecular formula is C8H13FO4. The Morgan fingerprint density at radius 3 is 2.92 bits per heavy atom. The van der Waals surface area contributed by atoms with Gasteiger partial charge >= 0.3 is 6.16 Å². The molecule has 0 amide bonds. The van der Waals surface area contributed by atoms with Gasteiger partial charge < -0.3 is 14.2 Å². The van der Waals surface area contributed by atoms with Crippen molar-refractivity contribution in [2.75, 3.05) is 20.3 Å². The number of ether oxygens (including phenoxy) is 3. The van der Waals surface area contributed by atoms with Crippen LogP contribution in [0.4, 0.5) is 9.18 Å². The van der Waals surface area contributed by atoms with Crippen LogP contribution in [0.5, 0.6) is 0 Å². The second kappa shape index (κ2) is 3.91. The van der Waals surface area contributed by atoms with Crippen LogP contribution in [0.1, 0.15) is 13.3 Å². The van der Waals surface area contributed by atoms with Crippen LogP contribution in [0.2, 0.25) is 0 Å². The molecule has 0 unspecified atom stereocenters. The minimum atomic E-state index is -1.30. The fraction of sp³-hybridized carbons (Fsp3) is 0.875. The minimum absolute atomic E-state index is 0.0478. The molecule has 1 aliphatic rings. The van der Waals surface area contributed by atoms with Crippen molar-refractivity contribution in [1.82, 2.24) is 0 Å². The molecule has 1 saturated heterocycles. The summed E-state index contributed by atoms with van der Waals surface area (Å²) in [5.41, 5.74) is -1.30. The molecule has 1 aliphatic heterocycles. The highest BCUT2D eigenvalue weighted by atomic mass is 19.1. The first-order valence-corrected chi connectivity index (χ1v) is 4.05. The average Bonchev–Trinajstić information content (AvgIpc) is 2.41. The second-order valence-electron chi connectivity index (χ2n) is 3.32. The third-order valence-corrected chi connectivity index (χ3v) is 1.83. The zero-order valence-corrected chi connectivity index (χ0v) is 7.71. The quantitative estimate of drug-likeness (QED) is 0.618. The van der Waals surface area contributed by atoms with E-state index in [1.54, 1.807) is 0 Å². The molecule has 1 heterocycles. The number of carbonyl (C=O) groups excluding carboxylic acids is 1. The highest BCUT2D eigenvalue weighted by Crippen LogP contribution is 2.27. The first-order valence-electron chi connectivity index (χ1n) is 4.05. The smallest absolute Gasteiger partial charge is 0.438 e. The lowest BCUT2D eigenvalue weighted by Crippen LogP contribution is -2.20. The van der Waals surface area contributed by atoms with Gasteiger partial charge in [0.15, 0.2) is 0 Å². The van der Waals surface area contributed by atoms with Gasteiger partial charge in [0.2, 0.25) is 0 Å². The zero-order valence-electron chi connectivity index (χ0n) is 7.71. The summed E-state index contributed by atoms with van der Waals surface area (Å²) in [5, 5.41) is 0. The van der Waals surface area contributed by atoms with E-state index in [2.05, 4.69) is 9.47 Å². The summed E-state index contributed by atoms with van der Waals surface area (Å²) in [6.45, 7) is 1.57. The number of halogens is 1. The van der Waals surface area contributed by atoms with Crippen LogP contribution < -0.4 is 0 Å². The van der Waals surface area contributed by atoms with Gasteiger partial charge in [0.25, 0.3) is 0 Å². The molecule has 1 fully saturated rings. The Morgan fingerprint density at radius 1 is 1.77 bits per heavy atom. The van der Waals surface area contributed by atoms with Gasteiger partial charge in [0.1, 0.15) is 12.3 Å². The van der Waals surface area contributed by atoms with E-state index in [0.717, 1.165) is 0 Å². The normalized spacial score (nSPS) is 33.0. The summed E-state index contributed by atoms with van der Waals surface area (Å²) >= 11 is 0. The average molecular weight is 192 g/mol. The van der Waals surface area contributed by atoms with Crippen molar-refractivity contribution >= 4 is 6.16 Å². The number of alkyl halides is 1. The highest BCUT2D eigenvalue weighted by molar-refractivity contribution is 5.59. The molecule has 0 spiro atoms. The van der Waals surface area contributed by atoms with E-state index in [1.165, 1.54) is 14.0 Å².